The Bertz CT molecular complexity index is 523. The molecule has 2 rings (SSSR count). The fourth-order valence-corrected chi connectivity index (χ4v) is 1.33. The minimum atomic E-state index is -0.650. The summed E-state index contributed by atoms with van der Waals surface area (Å²) >= 11 is 5.67. The molecular weight excluding hydrogens is 195 g/mol. The van der Waals surface area contributed by atoms with E-state index in [1.165, 1.54) is 12.1 Å². The molecule has 2 aromatic rings. The molecule has 5 heteroatoms. The van der Waals surface area contributed by atoms with Gasteiger partial charge < -0.3 is 0 Å². The van der Waals surface area contributed by atoms with Crippen LogP contribution in [0.3, 0.4) is 0 Å². The lowest BCUT2D eigenvalue weighted by Crippen LogP contribution is -2.10. The zero-order chi connectivity index (χ0) is 9.42. The van der Waals surface area contributed by atoms with Gasteiger partial charge >= 0.3 is 5.69 Å². The summed E-state index contributed by atoms with van der Waals surface area (Å²) < 4.78 is 13.1. The number of H-pyrrole nitrogens is 1. The van der Waals surface area contributed by atoms with Gasteiger partial charge in [0, 0.05) is 5.39 Å². The molecule has 0 spiro atoms. The summed E-state index contributed by atoms with van der Waals surface area (Å²) in [5.41, 5.74) is -0.654. The Morgan fingerprint density at radius 2 is 2.23 bits per heavy atom. The Kier molecular flexibility index (Phi) is 1.77. The van der Waals surface area contributed by atoms with Crippen molar-refractivity contribution in [3.63, 3.8) is 0 Å². The molecule has 0 aliphatic carbocycles. The standard InChI is InChI=1S/C8H4ClFN2O/c9-7-4-2-1-3-5(10)6(4)11-8(13)12-7/h1-3H,(H,11,12,13). The van der Waals surface area contributed by atoms with Crippen LogP contribution in [-0.2, 0) is 0 Å². The third-order valence-electron chi connectivity index (χ3n) is 1.65. The maximum Gasteiger partial charge on any atom is 0.346 e. The zero-order valence-corrected chi connectivity index (χ0v) is 7.10. The summed E-state index contributed by atoms with van der Waals surface area (Å²) in [7, 11) is 0. The maximum absolute atomic E-state index is 13.1. The Balaban J connectivity index is 3.03. The number of hydrogen-bond acceptors (Lipinski definition) is 2. The van der Waals surface area contributed by atoms with E-state index in [1.54, 1.807) is 6.07 Å². The van der Waals surface area contributed by atoms with Crippen LogP contribution in [0.25, 0.3) is 10.9 Å². The maximum atomic E-state index is 13.1. The SMILES string of the molecule is O=c1nc2c(F)cccc2c(Cl)[nH]1. The zero-order valence-electron chi connectivity index (χ0n) is 6.34. The van der Waals surface area contributed by atoms with Gasteiger partial charge in [0.1, 0.15) is 16.5 Å². The molecule has 0 radical (unpaired) electrons. The number of rotatable bonds is 0. The fourth-order valence-electron chi connectivity index (χ4n) is 1.10. The predicted octanol–water partition coefficient (Wildman–Crippen LogP) is 1.72. The van der Waals surface area contributed by atoms with Gasteiger partial charge in [-0.25, -0.2) is 9.18 Å². The second kappa shape index (κ2) is 2.81. The lowest BCUT2D eigenvalue weighted by Gasteiger charge is -1.98. The second-order valence-corrected chi connectivity index (χ2v) is 2.87. The molecule has 66 valence electrons. The highest BCUT2D eigenvalue weighted by atomic mass is 35.5. The molecule has 13 heavy (non-hydrogen) atoms. The minimum absolute atomic E-state index is 0.00347. The Morgan fingerprint density at radius 1 is 1.46 bits per heavy atom. The molecule has 1 N–H and O–H groups in total. The Labute approximate surface area is 77.2 Å². The molecule has 1 heterocycles. The van der Waals surface area contributed by atoms with Crippen molar-refractivity contribution in [2.45, 2.75) is 0 Å². The predicted molar refractivity (Wildman–Crippen MR) is 47.3 cm³/mol. The van der Waals surface area contributed by atoms with E-state index in [0.717, 1.165) is 0 Å². The monoisotopic (exact) mass is 198 g/mol. The highest BCUT2D eigenvalue weighted by Gasteiger charge is 2.05. The van der Waals surface area contributed by atoms with Crippen molar-refractivity contribution in [1.82, 2.24) is 9.97 Å². The van der Waals surface area contributed by atoms with Gasteiger partial charge in [-0.15, -0.1) is 0 Å². The average molecular weight is 199 g/mol. The van der Waals surface area contributed by atoms with Gasteiger partial charge in [0.15, 0.2) is 0 Å². The van der Waals surface area contributed by atoms with E-state index in [9.17, 15) is 9.18 Å². The number of nitrogens with one attached hydrogen (secondary N) is 1. The summed E-state index contributed by atoms with van der Waals surface area (Å²) in [5.74, 6) is -0.550. The van der Waals surface area contributed by atoms with Crippen LogP contribution in [0.5, 0.6) is 0 Å². The van der Waals surface area contributed by atoms with Gasteiger partial charge in [-0.2, -0.15) is 4.98 Å². The first kappa shape index (κ1) is 8.19. The van der Waals surface area contributed by atoms with Crippen LogP contribution in [0, 0.1) is 5.82 Å². The molecule has 3 nitrogen and oxygen atoms in total. The number of aromatic nitrogens is 2. The molecule has 0 fully saturated rings. The van der Waals surface area contributed by atoms with Crippen molar-refractivity contribution in [2.24, 2.45) is 0 Å². The summed E-state index contributed by atoms with van der Waals surface area (Å²) in [6.07, 6.45) is 0. The first-order chi connectivity index (χ1) is 6.18. The summed E-state index contributed by atoms with van der Waals surface area (Å²) in [6.45, 7) is 0. The highest BCUT2D eigenvalue weighted by Crippen LogP contribution is 2.19. The fraction of sp³-hybridized carbons (Fsp3) is 0. The number of hydrogen-bond donors (Lipinski definition) is 1. The van der Waals surface area contributed by atoms with Crippen LogP contribution >= 0.6 is 11.6 Å². The summed E-state index contributed by atoms with van der Waals surface area (Å²) in [6, 6.07) is 4.32. The van der Waals surface area contributed by atoms with Crippen molar-refractivity contribution in [3.8, 4) is 0 Å². The molecule has 0 saturated carbocycles. The first-order valence-electron chi connectivity index (χ1n) is 3.52. The number of aromatic amines is 1. The molecule has 0 aliphatic heterocycles. The van der Waals surface area contributed by atoms with E-state index in [-0.39, 0.29) is 10.7 Å². The second-order valence-electron chi connectivity index (χ2n) is 2.49. The largest absolute Gasteiger partial charge is 0.346 e. The van der Waals surface area contributed by atoms with Crippen LogP contribution in [0.4, 0.5) is 4.39 Å². The van der Waals surface area contributed by atoms with E-state index in [0.29, 0.717) is 5.39 Å². The summed E-state index contributed by atoms with van der Waals surface area (Å²) in [5, 5.41) is 0.510. The molecule has 0 atom stereocenters. The van der Waals surface area contributed by atoms with Crippen LogP contribution in [0.2, 0.25) is 5.15 Å². The topological polar surface area (TPSA) is 45.8 Å². The molecule has 0 amide bonds. The van der Waals surface area contributed by atoms with Gasteiger partial charge in [-0.1, -0.05) is 17.7 Å². The van der Waals surface area contributed by atoms with Gasteiger partial charge in [-0.3, -0.25) is 4.98 Å². The quantitative estimate of drug-likeness (QED) is 0.655. The van der Waals surface area contributed by atoms with E-state index in [2.05, 4.69) is 9.97 Å². The lowest BCUT2D eigenvalue weighted by atomic mass is 10.2. The average Bonchev–Trinajstić information content (AvgIpc) is 2.07. The summed E-state index contributed by atoms with van der Waals surface area (Å²) in [4.78, 5) is 16.6. The van der Waals surface area contributed by atoms with E-state index in [1.807, 2.05) is 0 Å². The van der Waals surface area contributed by atoms with Gasteiger partial charge in [-0.05, 0) is 12.1 Å². The molecule has 0 unspecified atom stereocenters. The van der Waals surface area contributed by atoms with Gasteiger partial charge in [0.05, 0.1) is 0 Å². The van der Waals surface area contributed by atoms with Gasteiger partial charge in [0.2, 0.25) is 0 Å². The van der Waals surface area contributed by atoms with Gasteiger partial charge in [0.25, 0.3) is 0 Å². The van der Waals surface area contributed by atoms with Crippen LogP contribution < -0.4 is 5.69 Å². The van der Waals surface area contributed by atoms with E-state index < -0.39 is 11.5 Å². The van der Waals surface area contributed by atoms with Crippen molar-refractivity contribution in [1.29, 1.82) is 0 Å². The number of nitrogens with zero attached hydrogens (tertiary/aromatic N) is 1. The number of para-hydroxylation sites is 1. The molecule has 1 aromatic heterocycles. The number of fused-ring (bicyclic) bond motifs is 1. The van der Waals surface area contributed by atoms with Crippen LogP contribution in [-0.4, -0.2) is 9.97 Å². The van der Waals surface area contributed by atoms with E-state index in [4.69, 9.17) is 11.6 Å². The molecule has 0 aliphatic rings. The number of halogens is 2. The molecule has 0 bridgehead atoms. The third-order valence-corrected chi connectivity index (χ3v) is 1.95. The van der Waals surface area contributed by atoms with Crippen molar-refractivity contribution in [2.75, 3.05) is 0 Å². The van der Waals surface area contributed by atoms with Crippen molar-refractivity contribution in [3.05, 3.63) is 39.7 Å². The normalized spacial score (nSPS) is 10.6. The van der Waals surface area contributed by atoms with Crippen molar-refractivity contribution >= 4 is 22.5 Å². The minimum Gasteiger partial charge on any atom is -0.296 e. The third kappa shape index (κ3) is 1.29. The highest BCUT2D eigenvalue weighted by molar-refractivity contribution is 6.33. The van der Waals surface area contributed by atoms with Crippen LogP contribution in [0.15, 0.2) is 23.0 Å². The lowest BCUT2D eigenvalue weighted by molar-refractivity contribution is 0.636. The molecule has 1 aromatic carbocycles. The van der Waals surface area contributed by atoms with Crippen LogP contribution in [0.1, 0.15) is 0 Å². The van der Waals surface area contributed by atoms with Crippen molar-refractivity contribution < 1.29 is 4.39 Å². The van der Waals surface area contributed by atoms with E-state index >= 15 is 0 Å². The smallest absolute Gasteiger partial charge is 0.296 e. The first-order valence-corrected chi connectivity index (χ1v) is 3.90. The molecule has 0 saturated heterocycles. The number of benzene rings is 1. The Morgan fingerprint density at radius 3 is 3.00 bits per heavy atom. The Hall–Kier alpha value is -1.42. The molecular formula is C8H4ClFN2O.